The van der Waals surface area contributed by atoms with Crippen LogP contribution in [0, 0.1) is 23.7 Å². The highest BCUT2D eigenvalue weighted by molar-refractivity contribution is 6.06. The molecule has 1 heterocycles. The fourth-order valence-corrected chi connectivity index (χ4v) is 5.21. The van der Waals surface area contributed by atoms with E-state index in [2.05, 4.69) is 5.32 Å². The van der Waals surface area contributed by atoms with Crippen LogP contribution in [0.2, 0.25) is 0 Å². The minimum absolute atomic E-state index is 0.00569. The van der Waals surface area contributed by atoms with Gasteiger partial charge in [-0.25, -0.2) is 0 Å². The lowest BCUT2D eigenvalue weighted by Crippen LogP contribution is -2.35. The highest BCUT2D eigenvalue weighted by Crippen LogP contribution is 2.56. The van der Waals surface area contributed by atoms with Crippen molar-refractivity contribution >= 4 is 29.4 Å². The Balaban J connectivity index is 1.25. The van der Waals surface area contributed by atoms with Crippen LogP contribution in [0.15, 0.2) is 18.2 Å². The Morgan fingerprint density at radius 3 is 2.35 bits per heavy atom. The lowest BCUT2D eigenvalue weighted by Gasteiger charge is -2.19. The predicted octanol–water partition coefficient (Wildman–Crippen LogP) is 1.61. The van der Waals surface area contributed by atoms with Crippen molar-refractivity contribution in [3.63, 3.8) is 0 Å². The number of nitrogens with one attached hydrogen (secondary N) is 1. The topological polar surface area (TPSA) is 111 Å². The molecule has 0 aromatic heterocycles. The van der Waals surface area contributed by atoms with Gasteiger partial charge in [-0.05, 0) is 43.2 Å². The van der Waals surface area contributed by atoms with E-state index in [9.17, 15) is 19.2 Å². The van der Waals surface area contributed by atoms with Crippen LogP contribution < -0.4 is 14.8 Å². The van der Waals surface area contributed by atoms with Crippen LogP contribution in [0.25, 0.3) is 0 Å². The summed E-state index contributed by atoms with van der Waals surface area (Å²) >= 11 is 0. The van der Waals surface area contributed by atoms with Gasteiger partial charge in [0.15, 0.2) is 6.61 Å². The van der Waals surface area contributed by atoms with Crippen molar-refractivity contribution in [3.8, 4) is 11.5 Å². The van der Waals surface area contributed by atoms with E-state index in [0.717, 1.165) is 19.3 Å². The van der Waals surface area contributed by atoms with E-state index in [4.69, 9.17) is 14.2 Å². The Kier molecular flexibility index (Phi) is 5.84. The monoisotopic (exact) mass is 430 g/mol. The molecule has 1 N–H and O–H groups in total. The zero-order chi connectivity index (χ0) is 22.1. The average Bonchev–Trinajstić information content (AvgIpc) is 3.45. The third-order valence-corrected chi connectivity index (χ3v) is 6.60. The Bertz CT molecular complexity index is 887. The van der Waals surface area contributed by atoms with Crippen LogP contribution in [0.5, 0.6) is 11.5 Å². The van der Waals surface area contributed by atoms with Crippen molar-refractivity contribution in [3.05, 3.63) is 18.2 Å². The van der Waals surface area contributed by atoms with Gasteiger partial charge in [-0.3, -0.25) is 24.1 Å². The first-order valence-corrected chi connectivity index (χ1v) is 10.5. The molecular formula is C22H26N2O7. The van der Waals surface area contributed by atoms with Crippen LogP contribution in [-0.2, 0) is 23.9 Å². The molecule has 3 aliphatic rings. The smallest absolute Gasteiger partial charge is 0.308 e. The molecular weight excluding hydrogens is 404 g/mol. The van der Waals surface area contributed by atoms with Crippen molar-refractivity contribution in [2.75, 3.05) is 32.7 Å². The van der Waals surface area contributed by atoms with E-state index in [1.54, 1.807) is 18.2 Å². The van der Waals surface area contributed by atoms with Crippen molar-refractivity contribution in [1.82, 2.24) is 4.90 Å². The fourth-order valence-electron chi connectivity index (χ4n) is 5.21. The number of likely N-dealkylation sites (tertiary alicyclic amines) is 1. The van der Waals surface area contributed by atoms with Crippen LogP contribution in [0.1, 0.15) is 25.7 Å². The summed E-state index contributed by atoms with van der Waals surface area (Å²) in [5, 5.41) is 2.61. The van der Waals surface area contributed by atoms with E-state index < -0.39 is 18.5 Å². The third kappa shape index (κ3) is 3.96. The van der Waals surface area contributed by atoms with Crippen LogP contribution in [-0.4, -0.2) is 56.0 Å². The van der Waals surface area contributed by atoms with Gasteiger partial charge in [0.05, 0.1) is 38.2 Å². The maximum absolute atomic E-state index is 12.6. The second-order valence-corrected chi connectivity index (χ2v) is 8.24. The minimum Gasteiger partial charge on any atom is -0.497 e. The van der Waals surface area contributed by atoms with Gasteiger partial charge < -0.3 is 19.5 Å². The number of imide groups is 1. The van der Waals surface area contributed by atoms with Crippen molar-refractivity contribution in [2.45, 2.75) is 25.7 Å². The highest BCUT2D eigenvalue weighted by atomic mass is 16.5. The standard InChI is InChI=1S/C22H26N2O7/c1-29-14-5-6-16(30-2)15(10-14)23-17(25)11-31-18(26)7-8-24-21(27)19-12-3-4-13(9-12)20(19)22(24)28/h5-6,10,12-13,19-20H,3-4,7-9,11H2,1-2H3,(H,23,25)/t12-,13-,19+,20+/m0/s1. The van der Waals surface area contributed by atoms with Crippen LogP contribution in [0.3, 0.4) is 0 Å². The molecule has 2 aliphatic carbocycles. The van der Waals surface area contributed by atoms with Crippen LogP contribution in [0.4, 0.5) is 5.69 Å². The van der Waals surface area contributed by atoms with E-state index in [1.165, 1.54) is 19.1 Å². The molecule has 0 spiro atoms. The Labute approximate surface area is 180 Å². The van der Waals surface area contributed by atoms with Gasteiger partial charge in [-0.1, -0.05) is 0 Å². The number of benzene rings is 1. The first-order chi connectivity index (χ1) is 14.9. The summed E-state index contributed by atoms with van der Waals surface area (Å²) in [5.74, 6) is -0.320. The lowest BCUT2D eigenvalue weighted by atomic mass is 9.81. The average molecular weight is 430 g/mol. The number of fused-ring (bicyclic) bond motifs is 5. The largest absolute Gasteiger partial charge is 0.497 e. The molecule has 3 fully saturated rings. The second-order valence-electron chi connectivity index (χ2n) is 8.24. The molecule has 0 unspecified atom stereocenters. The summed E-state index contributed by atoms with van der Waals surface area (Å²) in [5.41, 5.74) is 0.386. The molecule has 4 rings (SSSR count). The molecule has 1 aliphatic heterocycles. The van der Waals surface area contributed by atoms with Gasteiger partial charge >= 0.3 is 5.97 Å². The molecule has 9 heteroatoms. The Hall–Kier alpha value is -3.10. The molecule has 1 aromatic rings. The Morgan fingerprint density at radius 2 is 1.74 bits per heavy atom. The van der Waals surface area contributed by atoms with Gasteiger partial charge in [0.25, 0.3) is 5.91 Å². The highest BCUT2D eigenvalue weighted by Gasteiger charge is 2.60. The van der Waals surface area contributed by atoms with Gasteiger partial charge in [-0.15, -0.1) is 0 Å². The quantitative estimate of drug-likeness (QED) is 0.493. The maximum Gasteiger partial charge on any atom is 0.308 e. The molecule has 9 nitrogen and oxygen atoms in total. The summed E-state index contributed by atoms with van der Waals surface area (Å²) in [6.07, 6.45) is 2.85. The number of ether oxygens (including phenoxy) is 3. The number of anilines is 1. The minimum atomic E-state index is -0.645. The van der Waals surface area contributed by atoms with Crippen molar-refractivity contribution < 1.29 is 33.4 Å². The molecule has 0 radical (unpaired) electrons. The van der Waals surface area contributed by atoms with Gasteiger partial charge in [0.2, 0.25) is 11.8 Å². The molecule has 31 heavy (non-hydrogen) atoms. The fraction of sp³-hybridized carbons (Fsp3) is 0.545. The number of carbonyl (C=O) groups excluding carboxylic acids is 4. The van der Waals surface area contributed by atoms with E-state index >= 15 is 0 Å². The van der Waals surface area contributed by atoms with E-state index in [0.29, 0.717) is 29.0 Å². The number of methoxy groups -OCH3 is 2. The molecule has 1 saturated heterocycles. The first kappa shape index (κ1) is 21.1. The second kappa shape index (κ2) is 8.56. The number of esters is 1. The first-order valence-electron chi connectivity index (χ1n) is 10.5. The van der Waals surface area contributed by atoms with Crippen molar-refractivity contribution in [1.29, 1.82) is 0 Å². The lowest BCUT2D eigenvalue weighted by molar-refractivity contribution is -0.149. The molecule has 4 atom stereocenters. The number of hydrogen-bond donors (Lipinski definition) is 1. The van der Waals surface area contributed by atoms with Gasteiger partial charge in [0.1, 0.15) is 11.5 Å². The number of rotatable bonds is 8. The SMILES string of the molecule is COc1ccc(OC)c(NC(=O)COC(=O)CCN2C(=O)[C@@H]3[C@H]4CC[C@@H](C4)[C@H]3C2=O)c1. The van der Waals surface area contributed by atoms with Gasteiger partial charge in [0, 0.05) is 12.6 Å². The summed E-state index contributed by atoms with van der Waals surface area (Å²) < 4.78 is 15.3. The zero-order valence-electron chi connectivity index (χ0n) is 17.6. The normalized spacial score (nSPS) is 26.1. The number of nitrogens with zero attached hydrogens (tertiary/aromatic N) is 1. The summed E-state index contributed by atoms with van der Waals surface area (Å²) in [6, 6.07) is 4.92. The zero-order valence-corrected chi connectivity index (χ0v) is 17.6. The third-order valence-electron chi connectivity index (χ3n) is 6.60. The summed E-state index contributed by atoms with van der Waals surface area (Å²) in [4.78, 5) is 50.8. The number of carbonyl (C=O) groups is 4. The van der Waals surface area contributed by atoms with Crippen LogP contribution >= 0.6 is 0 Å². The van der Waals surface area contributed by atoms with E-state index in [1.807, 2.05) is 0 Å². The number of hydrogen-bond acceptors (Lipinski definition) is 7. The molecule has 2 bridgehead atoms. The summed E-state index contributed by atoms with van der Waals surface area (Å²) in [7, 11) is 2.97. The molecule has 166 valence electrons. The molecule has 1 aromatic carbocycles. The summed E-state index contributed by atoms with van der Waals surface area (Å²) in [6.45, 7) is -0.495. The predicted molar refractivity (Wildman–Crippen MR) is 108 cm³/mol. The Morgan fingerprint density at radius 1 is 1.06 bits per heavy atom. The van der Waals surface area contributed by atoms with E-state index in [-0.39, 0.29) is 36.6 Å². The van der Waals surface area contributed by atoms with Gasteiger partial charge in [-0.2, -0.15) is 0 Å². The molecule has 2 saturated carbocycles. The number of amides is 3. The maximum atomic E-state index is 12.6. The molecule has 3 amide bonds. The van der Waals surface area contributed by atoms with Crippen molar-refractivity contribution in [2.24, 2.45) is 23.7 Å².